The summed E-state index contributed by atoms with van der Waals surface area (Å²) in [6.45, 7) is 8.42. The van der Waals surface area contributed by atoms with Gasteiger partial charge in [-0.25, -0.2) is 0 Å². The topological polar surface area (TPSA) is 21.3 Å². The highest BCUT2D eigenvalue weighted by molar-refractivity contribution is 5.15. The van der Waals surface area contributed by atoms with E-state index in [1.807, 2.05) is 0 Å². The summed E-state index contributed by atoms with van der Waals surface area (Å²) in [6.07, 6.45) is 1.55. The highest BCUT2D eigenvalue weighted by atomic mass is 16.5. The van der Waals surface area contributed by atoms with E-state index in [1.54, 1.807) is 0 Å². The van der Waals surface area contributed by atoms with Crippen molar-refractivity contribution < 1.29 is 4.74 Å². The van der Waals surface area contributed by atoms with E-state index in [9.17, 15) is 0 Å². The fraction of sp³-hybridized carbons (Fsp3) is 0.600. The number of ether oxygens (including phenoxy) is 1. The van der Waals surface area contributed by atoms with Crippen molar-refractivity contribution in [1.82, 2.24) is 5.32 Å². The monoisotopic (exact) mass is 233 g/mol. The lowest BCUT2D eigenvalue weighted by atomic mass is 9.64. The third-order valence-corrected chi connectivity index (χ3v) is 3.94. The van der Waals surface area contributed by atoms with E-state index in [-0.39, 0.29) is 5.41 Å². The molecule has 0 spiro atoms. The van der Waals surface area contributed by atoms with Gasteiger partial charge in [0.1, 0.15) is 0 Å². The van der Waals surface area contributed by atoms with Crippen LogP contribution in [0.5, 0.6) is 0 Å². The SMILES string of the molecule is CCOC1CC(NCc2ccccc2)C1(C)C. The van der Waals surface area contributed by atoms with Gasteiger partial charge in [0, 0.05) is 24.6 Å². The molecule has 1 N–H and O–H groups in total. The summed E-state index contributed by atoms with van der Waals surface area (Å²) in [5, 5.41) is 3.63. The van der Waals surface area contributed by atoms with Crippen molar-refractivity contribution in [1.29, 1.82) is 0 Å². The molecule has 0 saturated heterocycles. The van der Waals surface area contributed by atoms with Crippen LogP contribution in [-0.4, -0.2) is 18.8 Å². The number of nitrogens with one attached hydrogen (secondary N) is 1. The molecule has 2 heteroatoms. The second-order valence-corrected chi connectivity index (χ2v) is 5.42. The Morgan fingerprint density at radius 3 is 2.59 bits per heavy atom. The minimum atomic E-state index is 0.255. The molecule has 1 saturated carbocycles. The highest BCUT2D eigenvalue weighted by Crippen LogP contribution is 2.42. The van der Waals surface area contributed by atoms with Crippen LogP contribution in [0.1, 0.15) is 32.8 Å². The molecule has 1 fully saturated rings. The van der Waals surface area contributed by atoms with Gasteiger partial charge in [-0.05, 0) is 18.9 Å². The molecular formula is C15H23NO. The largest absolute Gasteiger partial charge is 0.378 e. The van der Waals surface area contributed by atoms with Crippen molar-refractivity contribution in [3.63, 3.8) is 0 Å². The Morgan fingerprint density at radius 2 is 2.00 bits per heavy atom. The van der Waals surface area contributed by atoms with Gasteiger partial charge in [0.2, 0.25) is 0 Å². The van der Waals surface area contributed by atoms with Gasteiger partial charge in [-0.3, -0.25) is 0 Å². The summed E-state index contributed by atoms with van der Waals surface area (Å²) in [5.41, 5.74) is 1.60. The maximum atomic E-state index is 5.74. The maximum absolute atomic E-state index is 5.74. The van der Waals surface area contributed by atoms with Crippen LogP contribution in [0, 0.1) is 5.41 Å². The van der Waals surface area contributed by atoms with Crippen molar-refractivity contribution >= 4 is 0 Å². The van der Waals surface area contributed by atoms with Crippen LogP contribution in [-0.2, 0) is 11.3 Å². The normalized spacial score (nSPS) is 26.5. The van der Waals surface area contributed by atoms with Gasteiger partial charge in [-0.2, -0.15) is 0 Å². The Hall–Kier alpha value is -0.860. The molecule has 0 amide bonds. The molecule has 17 heavy (non-hydrogen) atoms. The van der Waals surface area contributed by atoms with Crippen LogP contribution in [0.3, 0.4) is 0 Å². The first-order valence-electron chi connectivity index (χ1n) is 6.53. The second-order valence-electron chi connectivity index (χ2n) is 5.42. The fourth-order valence-electron chi connectivity index (χ4n) is 2.55. The second kappa shape index (κ2) is 5.19. The molecule has 0 bridgehead atoms. The third-order valence-electron chi connectivity index (χ3n) is 3.94. The standard InChI is InChI=1S/C15H23NO/c1-4-17-14-10-13(15(14,2)3)16-11-12-8-6-5-7-9-12/h5-9,13-14,16H,4,10-11H2,1-3H3. The predicted molar refractivity (Wildman–Crippen MR) is 70.9 cm³/mol. The van der Waals surface area contributed by atoms with Gasteiger partial charge in [0.05, 0.1) is 6.10 Å². The molecule has 1 aromatic rings. The van der Waals surface area contributed by atoms with E-state index < -0.39 is 0 Å². The molecule has 0 aromatic heterocycles. The van der Waals surface area contributed by atoms with Crippen molar-refractivity contribution in [3.8, 4) is 0 Å². The molecule has 94 valence electrons. The lowest BCUT2D eigenvalue weighted by Gasteiger charge is -2.52. The summed E-state index contributed by atoms with van der Waals surface area (Å²) >= 11 is 0. The molecule has 2 nitrogen and oxygen atoms in total. The Labute approximate surface area is 104 Å². The van der Waals surface area contributed by atoms with Gasteiger partial charge >= 0.3 is 0 Å². The zero-order chi connectivity index (χ0) is 12.3. The van der Waals surface area contributed by atoms with Gasteiger partial charge in [0.25, 0.3) is 0 Å². The third kappa shape index (κ3) is 2.70. The van der Waals surface area contributed by atoms with E-state index >= 15 is 0 Å². The van der Waals surface area contributed by atoms with E-state index in [0.29, 0.717) is 12.1 Å². The summed E-state index contributed by atoms with van der Waals surface area (Å²) in [7, 11) is 0. The lowest BCUT2D eigenvalue weighted by molar-refractivity contribution is -0.114. The fourth-order valence-corrected chi connectivity index (χ4v) is 2.55. The molecule has 1 aromatic carbocycles. The van der Waals surface area contributed by atoms with Gasteiger partial charge < -0.3 is 10.1 Å². The molecule has 0 radical (unpaired) electrons. The predicted octanol–water partition coefficient (Wildman–Crippen LogP) is 2.98. The first-order chi connectivity index (χ1) is 8.14. The summed E-state index contributed by atoms with van der Waals surface area (Å²) < 4.78 is 5.74. The molecule has 0 aliphatic heterocycles. The number of benzene rings is 1. The van der Waals surface area contributed by atoms with Crippen LogP contribution < -0.4 is 5.32 Å². The first kappa shape index (κ1) is 12.6. The van der Waals surface area contributed by atoms with Crippen LogP contribution in [0.4, 0.5) is 0 Å². The lowest BCUT2D eigenvalue weighted by Crippen LogP contribution is -2.60. The first-order valence-corrected chi connectivity index (χ1v) is 6.53. The van der Waals surface area contributed by atoms with Crippen molar-refractivity contribution in [2.24, 2.45) is 5.41 Å². The van der Waals surface area contributed by atoms with E-state index in [2.05, 4.69) is 56.4 Å². The molecular weight excluding hydrogens is 210 g/mol. The van der Waals surface area contributed by atoms with Gasteiger partial charge in [-0.1, -0.05) is 44.2 Å². The molecule has 0 heterocycles. The average molecular weight is 233 g/mol. The molecule has 2 rings (SSSR count). The van der Waals surface area contributed by atoms with Crippen molar-refractivity contribution in [2.45, 2.75) is 45.9 Å². The quantitative estimate of drug-likeness (QED) is 0.844. The van der Waals surface area contributed by atoms with Crippen LogP contribution in [0.2, 0.25) is 0 Å². The van der Waals surface area contributed by atoms with Gasteiger partial charge in [0.15, 0.2) is 0 Å². The van der Waals surface area contributed by atoms with Crippen LogP contribution in [0.15, 0.2) is 30.3 Å². The zero-order valence-electron chi connectivity index (χ0n) is 11.1. The summed E-state index contributed by atoms with van der Waals surface area (Å²) in [5.74, 6) is 0. The van der Waals surface area contributed by atoms with Crippen molar-refractivity contribution in [3.05, 3.63) is 35.9 Å². The van der Waals surface area contributed by atoms with Crippen molar-refractivity contribution in [2.75, 3.05) is 6.61 Å². The van der Waals surface area contributed by atoms with E-state index in [4.69, 9.17) is 4.74 Å². The Balaban J connectivity index is 1.82. The minimum Gasteiger partial charge on any atom is -0.378 e. The Morgan fingerprint density at radius 1 is 1.29 bits per heavy atom. The average Bonchev–Trinajstić information content (AvgIpc) is 2.34. The Kier molecular flexibility index (Phi) is 3.85. The Bertz CT molecular complexity index is 347. The van der Waals surface area contributed by atoms with E-state index in [1.165, 1.54) is 5.56 Å². The summed E-state index contributed by atoms with van der Waals surface area (Å²) in [6, 6.07) is 11.1. The zero-order valence-corrected chi connectivity index (χ0v) is 11.1. The number of rotatable bonds is 5. The number of hydrogen-bond donors (Lipinski definition) is 1. The maximum Gasteiger partial charge on any atom is 0.0655 e. The van der Waals surface area contributed by atoms with Gasteiger partial charge in [-0.15, -0.1) is 0 Å². The molecule has 1 aliphatic carbocycles. The smallest absolute Gasteiger partial charge is 0.0655 e. The van der Waals surface area contributed by atoms with E-state index in [0.717, 1.165) is 19.6 Å². The molecule has 1 aliphatic rings. The molecule has 2 unspecified atom stereocenters. The highest BCUT2D eigenvalue weighted by Gasteiger charge is 2.48. The number of hydrogen-bond acceptors (Lipinski definition) is 2. The minimum absolute atomic E-state index is 0.255. The summed E-state index contributed by atoms with van der Waals surface area (Å²) in [4.78, 5) is 0. The van der Waals surface area contributed by atoms with Crippen LogP contribution in [0.25, 0.3) is 0 Å². The molecule has 2 atom stereocenters. The van der Waals surface area contributed by atoms with Crippen LogP contribution >= 0.6 is 0 Å².